The maximum atomic E-state index is 13.3. The largest absolute Gasteiger partial charge is 0.352 e. The van der Waals surface area contributed by atoms with Gasteiger partial charge in [-0.15, -0.1) is 0 Å². The lowest BCUT2D eigenvalue weighted by molar-refractivity contribution is -0.140. The smallest absolute Gasteiger partial charge is 0.242 e. The van der Waals surface area contributed by atoms with E-state index in [1.165, 1.54) is 6.42 Å². The SMILES string of the molecule is Cc1cccc(CC(=O)N(Cc2ccccc2Cl)[C@@H](C)C(=O)NC2CCCCC2)c1. The number of benzene rings is 2. The number of nitrogens with one attached hydrogen (secondary N) is 1. The van der Waals surface area contributed by atoms with Gasteiger partial charge in [-0.05, 0) is 43.9 Å². The second-order valence-corrected chi connectivity index (χ2v) is 8.71. The highest BCUT2D eigenvalue weighted by Crippen LogP contribution is 2.21. The van der Waals surface area contributed by atoms with Gasteiger partial charge in [0.15, 0.2) is 0 Å². The van der Waals surface area contributed by atoms with E-state index in [2.05, 4.69) is 5.32 Å². The normalized spacial score (nSPS) is 15.4. The number of amides is 2. The Morgan fingerprint density at radius 2 is 1.83 bits per heavy atom. The van der Waals surface area contributed by atoms with E-state index in [0.29, 0.717) is 11.6 Å². The summed E-state index contributed by atoms with van der Waals surface area (Å²) in [6.07, 6.45) is 5.81. The van der Waals surface area contributed by atoms with E-state index >= 15 is 0 Å². The minimum atomic E-state index is -0.569. The van der Waals surface area contributed by atoms with Crippen molar-refractivity contribution in [1.82, 2.24) is 10.2 Å². The summed E-state index contributed by atoms with van der Waals surface area (Å²) in [5.74, 6) is -0.168. The summed E-state index contributed by atoms with van der Waals surface area (Å²) < 4.78 is 0. The van der Waals surface area contributed by atoms with Gasteiger partial charge in [0.2, 0.25) is 11.8 Å². The molecule has 0 aliphatic heterocycles. The van der Waals surface area contributed by atoms with Crippen LogP contribution in [0, 0.1) is 6.92 Å². The summed E-state index contributed by atoms with van der Waals surface area (Å²) in [6.45, 7) is 4.13. The molecule has 1 fully saturated rings. The molecule has 2 aromatic rings. The molecule has 0 radical (unpaired) electrons. The third kappa shape index (κ3) is 6.09. The topological polar surface area (TPSA) is 49.4 Å². The molecular formula is C25H31ClN2O2. The van der Waals surface area contributed by atoms with Gasteiger partial charge in [-0.25, -0.2) is 0 Å². The fourth-order valence-electron chi connectivity index (χ4n) is 4.06. The lowest BCUT2D eigenvalue weighted by Crippen LogP contribution is -2.50. The molecule has 1 aliphatic carbocycles. The zero-order chi connectivity index (χ0) is 21.5. The van der Waals surface area contributed by atoms with E-state index in [9.17, 15) is 9.59 Å². The second-order valence-electron chi connectivity index (χ2n) is 8.30. The third-order valence-electron chi connectivity index (χ3n) is 5.86. The van der Waals surface area contributed by atoms with E-state index in [4.69, 9.17) is 11.6 Å². The van der Waals surface area contributed by atoms with Gasteiger partial charge in [-0.2, -0.15) is 0 Å². The lowest BCUT2D eigenvalue weighted by Gasteiger charge is -2.31. The Kier molecular flexibility index (Phi) is 7.92. The molecule has 1 saturated carbocycles. The summed E-state index contributed by atoms with van der Waals surface area (Å²) >= 11 is 6.36. The molecular weight excluding hydrogens is 396 g/mol. The molecule has 0 aromatic heterocycles. The Bertz CT molecular complexity index is 877. The van der Waals surface area contributed by atoms with E-state index < -0.39 is 6.04 Å². The van der Waals surface area contributed by atoms with Crippen molar-refractivity contribution in [2.75, 3.05) is 0 Å². The van der Waals surface area contributed by atoms with Crippen LogP contribution in [0.1, 0.15) is 55.7 Å². The molecule has 0 spiro atoms. The maximum absolute atomic E-state index is 13.3. The van der Waals surface area contributed by atoms with E-state index in [1.807, 2.05) is 62.4 Å². The summed E-state index contributed by atoms with van der Waals surface area (Å²) in [4.78, 5) is 27.9. The van der Waals surface area contributed by atoms with Crippen molar-refractivity contribution < 1.29 is 9.59 Å². The van der Waals surface area contributed by atoms with Gasteiger partial charge in [0, 0.05) is 17.6 Å². The highest BCUT2D eigenvalue weighted by atomic mass is 35.5. The summed E-state index contributed by atoms with van der Waals surface area (Å²) in [5, 5.41) is 3.76. The zero-order valence-corrected chi connectivity index (χ0v) is 18.6. The molecule has 0 saturated heterocycles. The molecule has 5 heteroatoms. The first-order valence-corrected chi connectivity index (χ1v) is 11.2. The first-order valence-electron chi connectivity index (χ1n) is 10.8. The first kappa shape index (κ1) is 22.4. The van der Waals surface area contributed by atoms with Crippen molar-refractivity contribution in [3.05, 3.63) is 70.2 Å². The van der Waals surface area contributed by atoms with Crippen LogP contribution in [0.4, 0.5) is 0 Å². The number of aryl methyl sites for hydroxylation is 1. The molecule has 160 valence electrons. The number of hydrogen-bond donors (Lipinski definition) is 1. The van der Waals surface area contributed by atoms with Crippen molar-refractivity contribution in [2.24, 2.45) is 0 Å². The van der Waals surface area contributed by atoms with Gasteiger partial charge in [0.05, 0.1) is 6.42 Å². The molecule has 4 nitrogen and oxygen atoms in total. The van der Waals surface area contributed by atoms with Crippen LogP contribution in [0.2, 0.25) is 5.02 Å². The van der Waals surface area contributed by atoms with Gasteiger partial charge < -0.3 is 10.2 Å². The Morgan fingerprint density at radius 1 is 1.10 bits per heavy atom. The second kappa shape index (κ2) is 10.6. The number of halogens is 1. The van der Waals surface area contributed by atoms with Gasteiger partial charge in [-0.3, -0.25) is 9.59 Å². The molecule has 2 aromatic carbocycles. The highest BCUT2D eigenvalue weighted by molar-refractivity contribution is 6.31. The number of nitrogens with zero attached hydrogens (tertiary/aromatic N) is 1. The van der Waals surface area contributed by atoms with Crippen LogP contribution in [0.25, 0.3) is 0 Å². The first-order chi connectivity index (χ1) is 14.4. The van der Waals surface area contributed by atoms with Crippen molar-refractivity contribution in [1.29, 1.82) is 0 Å². The molecule has 0 heterocycles. The number of carbonyl (C=O) groups is 2. The minimum Gasteiger partial charge on any atom is -0.352 e. The van der Waals surface area contributed by atoms with Gasteiger partial charge in [0.25, 0.3) is 0 Å². The Morgan fingerprint density at radius 3 is 2.53 bits per heavy atom. The fourth-order valence-corrected chi connectivity index (χ4v) is 4.26. The number of hydrogen-bond acceptors (Lipinski definition) is 2. The van der Waals surface area contributed by atoms with Crippen molar-refractivity contribution in [2.45, 2.75) is 71.0 Å². The zero-order valence-electron chi connectivity index (χ0n) is 17.9. The molecule has 1 atom stereocenters. The summed E-state index contributed by atoms with van der Waals surface area (Å²) in [7, 11) is 0. The number of rotatable bonds is 7. The van der Waals surface area contributed by atoms with Crippen molar-refractivity contribution >= 4 is 23.4 Å². The molecule has 0 bridgehead atoms. The van der Waals surface area contributed by atoms with Gasteiger partial charge in [0.1, 0.15) is 6.04 Å². The maximum Gasteiger partial charge on any atom is 0.242 e. The molecule has 30 heavy (non-hydrogen) atoms. The number of carbonyl (C=O) groups excluding carboxylic acids is 2. The van der Waals surface area contributed by atoms with Crippen LogP contribution < -0.4 is 5.32 Å². The predicted molar refractivity (Wildman–Crippen MR) is 121 cm³/mol. The van der Waals surface area contributed by atoms with Gasteiger partial charge in [-0.1, -0.05) is 78.9 Å². The molecule has 3 rings (SSSR count). The molecule has 1 aliphatic rings. The van der Waals surface area contributed by atoms with Crippen LogP contribution in [0.5, 0.6) is 0 Å². The third-order valence-corrected chi connectivity index (χ3v) is 6.22. The van der Waals surface area contributed by atoms with Crippen molar-refractivity contribution in [3.8, 4) is 0 Å². The van der Waals surface area contributed by atoms with Crippen LogP contribution >= 0.6 is 11.6 Å². The van der Waals surface area contributed by atoms with Gasteiger partial charge >= 0.3 is 0 Å². The highest BCUT2D eigenvalue weighted by Gasteiger charge is 2.28. The lowest BCUT2D eigenvalue weighted by atomic mass is 9.95. The van der Waals surface area contributed by atoms with E-state index in [-0.39, 0.29) is 24.3 Å². The quantitative estimate of drug-likeness (QED) is 0.672. The van der Waals surface area contributed by atoms with Crippen LogP contribution in [-0.2, 0) is 22.6 Å². The van der Waals surface area contributed by atoms with Crippen LogP contribution in [0.3, 0.4) is 0 Å². The van der Waals surface area contributed by atoms with Crippen LogP contribution in [-0.4, -0.2) is 28.8 Å². The minimum absolute atomic E-state index is 0.0770. The Balaban J connectivity index is 1.77. The Hall–Kier alpha value is -2.33. The summed E-state index contributed by atoms with van der Waals surface area (Å²) in [6, 6.07) is 15.0. The fraction of sp³-hybridized carbons (Fsp3) is 0.440. The average molecular weight is 427 g/mol. The summed E-state index contributed by atoms with van der Waals surface area (Å²) in [5.41, 5.74) is 2.90. The van der Waals surface area contributed by atoms with Crippen molar-refractivity contribution in [3.63, 3.8) is 0 Å². The Labute approximate surface area is 184 Å². The standard InChI is InChI=1S/C25H31ClN2O2/c1-18-9-8-10-20(15-18)16-24(29)28(17-21-11-6-7-14-23(21)26)19(2)25(30)27-22-12-4-3-5-13-22/h6-11,14-15,19,22H,3-5,12-13,16-17H2,1-2H3,(H,27,30)/t19-/m0/s1. The predicted octanol–water partition coefficient (Wildman–Crippen LogP) is 5.06. The van der Waals surface area contributed by atoms with Crippen LogP contribution in [0.15, 0.2) is 48.5 Å². The molecule has 1 N–H and O–H groups in total. The van der Waals surface area contributed by atoms with E-state index in [0.717, 1.165) is 42.4 Å². The monoisotopic (exact) mass is 426 g/mol. The average Bonchev–Trinajstić information content (AvgIpc) is 2.73. The van der Waals surface area contributed by atoms with E-state index in [1.54, 1.807) is 4.90 Å². The molecule has 0 unspecified atom stereocenters. The molecule has 2 amide bonds.